The van der Waals surface area contributed by atoms with Gasteiger partial charge in [-0.2, -0.15) is 0 Å². The maximum atomic E-state index is 12.7. The summed E-state index contributed by atoms with van der Waals surface area (Å²) in [5, 5.41) is 0. The van der Waals surface area contributed by atoms with Gasteiger partial charge in [-0.1, -0.05) is 0 Å². The lowest BCUT2D eigenvalue weighted by molar-refractivity contribution is 0.122. The SMILES string of the molecule is COc1ccc(OC)c(S(=O)(=O)Nc2ccc(N3CCOCC3)cn2)c1. The van der Waals surface area contributed by atoms with Crippen molar-refractivity contribution in [3.05, 3.63) is 36.5 Å². The summed E-state index contributed by atoms with van der Waals surface area (Å²) in [5.74, 6) is 0.872. The van der Waals surface area contributed by atoms with Crippen molar-refractivity contribution in [3.8, 4) is 11.5 Å². The number of methoxy groups -OCH3 is 2. The Kier molecular flexibility index (Phi) is 5.48. The lowest BCUT2D eigenvalue weighted by Gasteiger charge is -2.28. The number of ether oxygens (including phenoxy) is 3. The smallest absolute Gasteiger partial charge is 0.266 e. The minimum Gasteiger partial charge on any atom is -0.497 e. The summed E-state index contributed by atoms with van der Waals surface area (Å²) < 4.78 is 43.5. The van der Waals surface area contributed by atoms with Crippen LogP contribution in [0.25, 0.3) is 0 Å². The van der Waals surface area contributed by atoms with Gasteiger partial charge in [0, 0.05) is 19.2 Å². The number of aromatic nitrogens is 1. The van der Waals surface area contributed by atoms with E-state index >= 15 is 0 Å². The monoisotopic (exact) mass is 379 g/mol. The first-order valence-corrected chi connectivity index (χ1v) is 9.55. The zero-order valence-corrected chi connectivity index (χ0v) is 15.5. The van der Waals surface area contributed by atoms with Crippen LogP contribution in [0.3, 0.4) is 0 Å². The lowest BCUT2D eigenvalue weighted by atomic mass is 10.3. The summed E-state index contributed by atoms with van der Waals surface area (Å²) in [5.41, 5.74) is 0.926. The molecule has 0 unspecified atom stereocenters. The summed E-state index contributed by atoms with van der Waals surface area (Å²) in [7, 11) is -0.995. The summed E-state index contributed by atoms with van der Waals surface area (Å²) in [4.78, 5) is 6.34. The Balaban J connectivity index is 1.81. The Bertz CT molecular complexity index is 849. The van der Waals surface area contributed by atoms with Crippen LogP contribution in [0.15, 0.2) is 41.4 Å². The topological polar surface area (TPSA) is 90.0 Å². The van der Waals surface area contributed by atoms with Crippen LogP contribution in [-0.2, 0) is 14.8 Å². The van der Waals surface area contributed by atoms with Gasteiger partial charge < -0.3 is 19.1 Å². The molecule has 1 saturated heterocycles. The molecule has 3 rings (SSSR count). The third-order valence-corrected chi connectivity index (χ3v) is 5.40. The van der Waals surface area contributed by atoms with Crippen molar-refractivity contribution < 1.29 is 22.6 Å². The van der Waals surface area contributed by atoms with E-state index in [1.54, 1.807) is 24.4 Å². The predicted molar refractivity (Wildman–Crippen MR) is 97.6 cm³/mol. The number of sulfonamides is 1. The molecule has 26 heavy (non-hydrogen) atoms. The minimum atomic E-state index is -3.88. The van der Waals surface area contributed by atoms with Crippen molar-refractivity contribution in [2.45, 2.75) is 4.90 Å². The number of nitrogens with zero attached hydrogens (tertiary/aromatic N) is 2. The Hall–Kier alpha value is -2.52. The fraction of sp³-hybridized carbons (Fsp3) is 0.353. The third-order valence-electron chi connectivity index (χ3n) is 4.02. The number of benzene rings is 1. The van der Waals surface area contributed by atoms with Crippen LogP contribution in [0.1, 0.15) is 0 Å². The van der Waals surface area contributed by atoms with Gasteiger partial charge in [-0.15, -0.1) is 0 Å². The normalized spacial score (nSPS) is 14.8. The second kappa shape index (κ2) is 7.79. The van der Waals surface area contributed by atoms with Gasteiger partial charge in [-0.3, -0.25) is 4.72 Å². The zero-order valence-electron chi connectivity index (χ0n) is 14.6. The molecule has 1 aromatic carbocycles. The maximum Gasteiger partial charge on any atom is 0.266 e. The Morgan fingerprint density at radius 3 is 2.50 bits per heavy atom. The summed E-state index contributed by atoms with van der Waals surface area (Å²) in [6, 6.07) is 8.05. The van der Waals surface area contributed by atoms with Crippen molar-refractivity contribution in [2.75, 3.05) is 50.1 Å². The van der Waals surface area contributed by atoms with Gasteiger partial charge in [0.2, 0.25) is 0 Å². The van der Waals surface area contributed by atoms with Gasteiger partial charge in [0.25, 0.3) is 10.0 Å². The minimum absolute atomic E-state index is 0.0154. The van der Waals surface area contributed by atoms with E-state index in [9.17, 15) is 8.42 Å². The number of anilines is 2. The van der Waals surface area contributed by atoms with Crippen molar-refractivity contribution in [1.82, 2.24) is 4.98 Å². The van der Waals surface area contributed by atoms with Crippen LogP contribution >= 0.6 is 0 Å². The molecule has 0 amide bonds. The van der Waals surface area contributed by atoms with E-state index < -0.39 is 10.0 Å². The molecule has 2 aromatic rings. The van der Waals surface area contributed by atoms with Crippen molar-refractivity contribution in [3.63, 3.8) is 0 Å². The van der Waals surface area contributed by atoms with Crippen LogP contribution in [0.2, 0.25) is 0 Å². The molecular formula is C17H21N3O5S. The van der Waals surface area contributed by atoms with Crippen LogP contribution in [-0.4, -0.2) is 53.9 Å². The molecule has 0 spiro atoms. The van der Waals surface area contributed by atoms with Gasteiger partial charge in [0.1, 0.15) is 22.2 Å². The molecule has 1 aliphatic rings. The molecule has 9 heteroatoms. The largest absolute Gasteiger partial charge is 0.497 e. The first-order valence-electron chi connectivity index (χ1n) is 8.07. The third kappa shape index (κ3) is 4.00. The van der Waals surface area contributed by atoms with Gasteiger partial charge in [0.15, 0.2) is 0 Å². The number of hydrogen-bond donors (Lipinski definition) is 1. The highest BCUT2D eigenvalue weighted by molar-refractivity contribution is 7.92. The molecule has 1 aliphatic heterocycles. The van der Waals surface area contributed by atoms with E-state index in [4.69, 9.17) is 14.2 Å². The van der Waals surface area contributed by atoms with Gasteiger partial charge in [-0.05, 0) is 24.3 Å². The molecule has 0 radical (unpaired) electrons. The van der Waals surface area contributed by atoms with Crippen LogP contribution in [0.4, 0.5) is 11.5 Å². The molecule has 0 aliphatic carbocycles. The molecular weight excluding hydrogens is 358 g/mol. The van der Waals surface area contributed by atoms with Crippen molar-refractivity contribution in [1.29, 1.82) is 0 Å². The highest BCUT2D eigenvalue weighted by Gasteiger charge is 2.21. The first-order chi connectivity index (χ1) is 12.5. The van der Waals surface area contributed by atoms with E-state index in [-0.39, 0.29) is 16.5 Å². The van der Waals surface area contributed by atoms with Crippen molar-refractivity contribution >= 4 is 21.5 Å². The predicted octanol–water partition coefficient (Wildman–Crippen LogP) is 1.74. The number of nitrogens with one attached hydrogen (secondary N) is 1. The molecule has 0 atom stereocenters. The highest BCUT2D eigenvalue weighted by Crippen LogP contribution is 2.29. The summed E-state index contributed by atoms with van der Waals surface area (Å²) in [6.07, 6.45) is 1.64. The summed E-state index contributed by atoms with van der Waals surface area (Å²) >= 11 is 0. The zero-order chi connectivity index (χ0) is 18.6. The maximum absolute atomic E-state index is 12.7. The number of rotatable bonds is 6. The van der Waals surface area contributed by atoms with Gasteiger partial charge in [0.05, 0.1) is 39.3 Å². The molecule has 0 bridgehead atoms. The second-order valence-corrected chi connectivity index (χ2v) is 7.27. The standard InChI is InChI=1S/C17H21N3O5S/c1-23-14-4-5-15(24-2)16(11-14)26(21,22)19-17-6-3-13(12-18-17)20-7-9-25-10-8-20/h3-6,11-12H,7-10H2,1-2H3,(H,18,19). The van der Waals surface area contributed by atoms with E-state index in [0.29, 0.717) is 19.0 Å². The number of pyridine rings is 1. The fourth-order valence-corrected chi connectivity index (χ4v) is 3.84. The molecule has 1 N–H and O–H groups in total. The van der Waals surface area contributed by atoms with E-state index in [1.807, 2.05) is 6.07 Å². The van der Waals surface area contributed by atoms with Gasteiger partial charge in [-0.25, -0.2) is 13.4 Å². The molecule has 0 saturated carbocycles. The van der Waals surface area contributed by atoms with Crippen LogP contribution in [0.5, 0.6) is 11.5 Å². The first kappa shape index (κ1) is 18.3. The van der Waals surface area contributed by atoms with E-state index in [2.05, 4.69) is 14.6 Å². The average molecular weight is 379 g/mol. The molecule has 2 heterocycles. The molecule has 8 nitrogen and oxygen atoms in total. The number of morpholine rings is 1. The Labute approximate surface area is 152 Å². The molecule has 1 fully saturated rings. The quantitative estimate of drug-likeness (QED) is 0.817. The molecule has 140 valence electrons. The van der Waals surface area contributed by atoms with Crippen LogP contribution < -0.4 is 19.1 Å². The van der Waals surface area contributed by atoms with Crippen molar-refractivity contribution in [2.24, 2.45) is 0 Å². The number of hydrogen-bond acceptors (Lipinski definition) is 7. The van der Waals surface area contributed by atoms with Gasteiger partial charge >= 0.3 is 0 Å². The highest BCUT2D eigenvalue weighted by atomic mass is 32.2. The second-order valence-electron chi connectivity index (χ2n) is 5.62. The lowest BCUT2D eigenvalue weighted by Crippen LogP contribution is -2.36. The van der Waals surface area contributed by atoms with Crippen LogP contribution in [0, 0.1) is 0 Å². The Morgan fingerprint density at radius 1 is 1.12 bits per heavy atom. The average Bonchev–Trinajstić information content (AvgIpc) is 2.68. The molecule has 1 aromatic heterocycles. The fourth-order valence-electron chi connectivity index (χ4n) is 2.64. The van der Waals surface area contributed by atoms with E-state index in [1.165, 1.54) is 20.3 Å². The van der Waals surface area contributed by atoms with E-state index in [0.717, 1.165) is 18.8 Å². The Morgan fingerprint density at radius 2 is 1.88 bits per heavy atom. The summed E-state index contributed by atoms with van der Waals surface area (Å²) in [6.45, 7) is 2.91.